The molecule has 0 spiro atoms. The minimum Gasteiger partial charge on any atom is -0.373 e. The molecule has 1 aromatic carbocycles. The summed E-state index contributed by atoms with van der Waals surface area (Å²) in [5.74, 6) is -0.454. The number of amides is 1. The van der Waals surface area contributed by atoms with Crippen molar-refractivity contribution >= 4 is 44.7 Å². The van der Waals surface area contributed by atoms with Crippen molar-refractivity contribution in [2.24, 2.45) is 0 Å². The third kappa shape index (κ3) is 4.54. The molecule has 9 nitrogen and oxygen atoms in total. The highest BCUT2D eigenvalue weighted by Gasteiger charge is 2.33. The zero-order valence-corrected chi connectivity index (χ0v) is 20.9. The number of anilines is 2. The normalized spacial score (nSPS) is 16.6. The van der Waals surface area contributed by atoms with Gasteiger partial charge in [-0.25, -0.2) is 17.8 Å². The molecule has 0 radical (unpaired) electrons. The van der Waals surface area contributed by atoms with E-state index in [1.165, 1.54) is 0 Å². The summed E-state index contributed by atoms with van der Waals surface area (Å²) >= 11 is 6.12. The van der Waals surface area contributed by atoms with E-state index in [0.29, 0.717) is 24.3 Å². The smallest absolute Gasteiger partial charge is 0.256 e. The van der Waals surface area contributed by atoms with Gasteiger partial charge in [0.15, 0.2) is 5.65 Å². The number of benzene rings is 1. The maximum atomic E-state index is 14.2. The van der Waals surface area contributed by atoms with Crippen LogP contribution in [0.4, 0.5) is 15.9 Å². The van der Waals surface area contributed by atoms with Crippen LogP contribution in [0.15, 0.2) is 18.2 Å². The highest BCUT2D eigenvalue weighted by atomic mass is 35.5. The Morgan fingerprint density at radius 3 is 2.65 bits per heavy atom. The summed E-state index contributed by atoms with van der Waals surface area (Å²) in [6.45, 7) is 4.28. The summed E-state index contributed by atoms with van der Waals surface area (Å²) in [6, 6.07) is 3.43. The van der Waals surface area contributed by atoms with Crippen molar-refractivity contribution in [1.82, 2.24) is 19.5 Å². The molecule has 1 atom stereocenters. The first-order valence-electron chi connectivity index (χ1n) is 10.8. The fraction of sp³-hybridized carbons (Fsp3) is 0.409. The summed E-state index contributed by atoms with van der Waals surface area (Å²) < 4.78 is 41.9. The van der Waals surface area contributed by atoms with E-state index in [1.807, 2.05) is 27.0 Å². The molecule has 1 aliphatic heterocycles. The van der Waals surface area contributed by atoms with Gasteiger partial charge in [0.2, 0.25) is 10.0 Å². The molecule has 1 amide bonds. The highest BCUT2D eigenvalue weighted by molar-refractivity contribution is 7.92. The molecule has 34 heavy (non-hydrogen) atoms. The molecule has 1 aliphatic rings. The van der Waals surface area contributed by atoms with E-state index in [9.17, 15) is 17.6 Å². The zero-order chi connectivity index (χ0) is 24.8. The summed E-state index contributed by atoms with van der Waals surface area (Å²) in [5, 5.41) is 7.70. The molecule has 1 saturated heterocycles. The summed E-state index contributed by atoms with van der Waals surface area (Å²) in [5.41, 5.74) is 2.85. The van der Waals surface area contributed by atoms with Crippen LogP contribution in [0.3, 0.4) is 0 Å². The monoisotopic (exact) mass is 508 g/mol. The Balaban J connectivity index is 1.79. The van der Waals surface area contributed by atoms with E-state index in [2.05, 4.69) is 15.0 Å². The van der Waals surface area contributed by atoms with Crippen molar-refractivity contribution in [1.29, 1.82) is 0 Å². The molecule has 0 unspecified atom stereocenters. The standard InChI is InChI=1S/C22H26ClFN6O3S/c1-12-13(2)26-19-11-17(27-30(19)21(12)25-3)18-7-5-6-8-29(18)22(31)15-9-14(24)10-16(23)20(15)28-34(4,32)33/h9-11,18,25,28H,5-8H2,1-4H3/t18-/m1/s1. The zero-order valence-electron chi connectivity index (χ0n) is 19.3. The van der Waals surface area contributed by atoms with E-state index >= 15 is 0 Å². The molecule has 2 N–H and O–H groups in total. The number of aryl methyl sites for hydroxylation is 1. The van der Waals surface area contributed by atoms with Gasteiger partial charge in [-0.1, -0.05) is 11.6 Å². The molecule has 2 aromatic heterocycles. The lowest BCUT2D eigenvalue weighted by molar-refractivity contribution is 0.0606. The molecule has 4 rings (SSSR count). The SMILES string of the molecule is CNc1c(C)c(C)nc2cc([C@H]3CCCCN3C(=O)c3cc(F)cc(Cl)c3NS(C)(=O)=O)nn12. The van der Waals surface area contributed by atoms with Gasteiger partial charge in [-0.3, -0.25) is 9.52 Å². The number of fused-ring (bicyclic) bond motifs is 1. The van der Waals surface area contributed by atoms with E-state index < -0.39 is 21.7 Å². The molecule has 1 fully saturated rings. The Hall–Kier alpha value is -2.92. The quantitative estimate of drug-likeness (QED) is 0.540. The van der Waals surface area contributed by atoms with Crippen molar-refractivity contribution in [3.8, 4) is 0 Å². The third-order valence-electron chi connectivity index (χ3n) is 6.02. The first kappa shape index (κ1) is 24.2. The molecule has 3 aromatic rings. The number of hydrogen-bond acceptors (Lipinski definition) is 6. The van der Waals surface area contributed by atoms with Gasteiger partial charge < -0.3 is 10.2 Å². The largest absolute Gasteiger partial charge is 0.373 e. The summed E-state index contributed by atoms with van der Waals surface area (Å²) in [6.07, 6.45) is 3.23. The van der Waals surface area contributed by atoms with Crippen LogP contribution in [-0.4, -0.2) is 53.7 Å². The predicted octanol–water partition coefficient (Wildman–Crippen LogP) is 3.92. The minimum atomic E-state index is -3.76. The second-order valence-corrected chi connectivity index (χ2v) is 10.6. The number of nitrogens with one attached hydrogen (secondary N) is 2. The molecule has 0 bridgehead atoms. The van der Waals surface area contributed by atoms with E-state index in [4.69, 9.17) is 16.7 Å². The van der Waals surface area contributed by atoms with Gasteiger partial charge in [-0.05, 0) is 45.2 Å². The van der Waals surface area contributed by atoms with E-state index in [-0.39, 0.29) is 22.3 Å². The van der Waals surface area contributed by atoms with Gasteiger partial charge in [-0.2, -0.15) is 9.61 Å². The van der Waals surface area contributed by atoms with Gasteiger partial charge >= 0.3 is 0 Å². The lowest BCUT2D eigenvalue weighted by atomic mass is 9.98. The average Bonchev–Trinajstić information content (AvgIpc) is 3.18. The fourth-order valence-corrected chi connectivity index (χ4v) is 5.24. The maximum absolute atomic E-state index is 14.2. The van der Waals surface area contributed by atoms with Crippen molar-refractivity contribution in [3.05, 3.63) is 51.6 Å². The molecule has 3 heterocycles. The molecule has 12 heteroatoms. The van der Waals surface area contributed by atoms with Crippen LogP contribution < -0.4 is 10.0 Å². The number of rotatable bonds is 5. The summed E-state index contributed by atoms with van der Waals surface area (Å²) in [7, 11) is -1.95. The van der Waals surface area contributed by atoms with Crippen LogP contribution in [-0.2, 0) is 10.0 Å². The lowest BCUT2D eigenvalue weighted by Gasteiger charge is -2.35. The van der Waals surface area contributed by atoms with Crippen LogP contribution in [0.2, 0.25) is 5.02 Å². The van der Waals surface area contributed by atoms with Crippen molar-refractivity contribution in [2.75, 3.05) is 29.9 Å². The van der Waals surface area contributed by atoms with Crippen molar-refractivity contribution in [3.63, 3.8) is 0 Å². The molecule has 0 saturated carbocycles. The molecule has 0 aliphatic carbocycles. The van der Waals surface area contributed by atoms with Crippen LogP contribution in [0.1, 0.15) is 52.6 Å². The molecular weight excluding hydrogens is 483 g/mol. The Morgan fingerprint density at radius 1 is 1.24 bits per heavy atom. The van der Waals surface area contributed by atoms with E-state index in [0.717, 1.165) is 48.3 Å². The summed E-state index contributed by atoms with van der Waals surface area (Å²) in [4.78, 5) is 19.9. The maximum Gasteiger partial charge on any atom is 0.256 e. The van der Waals surface area contributed by atoms with Gasteiger partial charge in [0, 0.05) is 30.9 Å². The Labute approximate surface area is 202 Å². The van der Waals surface area contributed by atoms with Crippen LogP contribution in [0.25, 0.3) is 5.65 Å². The Morgan fingerprint density at radius 2 is 1.97 bits per heavy atom. The van der Waals surface area contributed by atoms with Gasteiger partial charge in [-0.15, -0.1) is 0 Å². The number of aromatic nitrogens is 3. The fourth-order valence-electron chi connectivity index (χ4n) is 4.34. The Kier molecular flexibility index (Phi) is 6.43. The number of carbonyl (C=O) groups is 1. The first-order valence-corrected chi connectivity index (χ1v) is 13.1. The van der Waals surface area contributed by atoms with Gasteiger partial charge in [0.1, 0.15) is 11.6 Å². The molecular formula is C22H26ClFN6O3S. The predicted molar refractivity (Wildman–Crippen MR) is 130 cm³/mol. The number of halogens is 2. The minimum absolute atomic E-state index is 0.139. The first-order chi connectivity index (χ1) is 16.0. The van der Waals surface area contributed by atoms with Gasteiger partial charge in [0.05, 0.1) is 34.3 Å². The van der Waals surface area contributed by atoms with Crippen LogP contribution in [0.5, 0.6) is 0 Å². The number of hydrogen-bond donors (Lipinski definition) is 2. The average molecular weight is 509 g/mol. The van der Waals surface area contributed by atoms with Gasteiger partial charge in [0.25, 0.3) is 5.91 Å². The van der Waals surface area contributed by atoms with E-state index in [1.54, 1.807) is 9.42 Å². The second-order valence-electron chi connectivity index (χ2n) is 8.45. The number of nitrogens with zero attached hydrogens (tertiary/aromatic N) is 4. The number of carbonyl (C=O) groups excluding carboxylic acids is 1. The number of piperidine rings is 1. The third-order valence-corrected chi connectivity index (χ3v) is 6.89. The van der Waals surface area contributed by atoms with Crippen molar-refractivity contribution < 1.29 is 17.6 Å². The number of sulfonamides is 1. The lowest BCUT2D eigenvalue weighted by Crippen LogP contribution is -2.39. The van der Waals surface area contributed by atoms with Crippen molar-refractivity contribution in [2.45, 2.75) is 39.2 Å². The second kappa shape index (κ2) is 9.03. The van der Waals surface area contributed by atoms with Crippen LogP contribution in [0, 0.1) is 19.7 Å². The number of likely N-dealkylation sites (tertiary alicyclic amines) is 1. The Bertz CT molecular complexity index is 1390. The molecule has 182 valence electrons. The van der Waals surface area contributed by atoms with Crippen LogP contribution >= 0.6 is 11.6 Å². The topological polar surface area (TPSA) is 109 Å². The highest BCUT2D eigenvalue weighted by Crippen LogP contribution is 2.36.